The minimum absolute atomic E-state index is 1.04. The topological polar surface area (TPSA) is 17.3 Å². The lowest BCUT2D eigenvalue weighted by Crippen LogP contribution is -1.74. The molecule has 0 aliphatic heterocycles. The molecule has 3 heteroatoms. The van der Waals surface area contributed by atoms with Gasteiger partial charge in [0, 0.05) is 22.8 Å². The third-order valence-electron chi connectivity index (χ3n) is 2.34. The van der Waals surface area contributed by atoms with Gasteiger partial charge in [-0.2, -0.15) is 0 Å². The van der Waals surface area contributed by atoms with E-state index in [-0.39, 0.29) is 0 Å². The molecule has 15 heavy (non-hydrogen) atoms. The van der Waals surface area contributed by atoms with E-state index in [1.54, 1.807) is 11.3 Å². The summed E-state index contributed by atoms with van der Waals surface area (Å²) >= 11 is 1.72. The van der Waals surface area contributed by atoms with Crippen molar-refractivity contribution in [1.29, 1.82) is 0 Å². The van der Waals surface area contributed by atoms with E-state index in [4.69, 9.17) is 0 Å². The molecule has 0 saturated carbocycles. The van der Waals surface area contributed by atoms with Crippen LogP contribution in [0, 0.1) is 6.92 Å². The first-order valence-corrected chi connectivity index (χ1v) is 5.65. The summed E-state index contributed by atoms with van der Waals surface area (Å²) in [5, 5.41) is 0. The van der Waals surface area contributed by atoms with Crippen molar-refractivity contribution in [3.63, 3.8) is 0 Å². The van der Waals surface area contributed by atoms with Crippen LogP contribution in [0.1, 0.15) is 4.88 Å². The van der Waals surface area contributed by atoms with E-state index in [0.717, 1.165) is 10.7 Å². The van der Waals surface area contributed by atoms with Crippen molar-refractivity contribution in [2.75, 3.05) is 0 Å². The molecule has 0 aliphatic carbocycles. The van der Waals surface area contributed by atoms with Gasteiger partial charge in [-0.15, -0.1) is 11.3 Å². The number of thiazole rings is 1. The number of rotatable bonds is 1. The van der Waals surface area contributed by atoms with Crippen molar-refractivity contribution in [3.8, 4) is 11.3 Å². The molecule has 0 spiro atoms. The smallest absolute Gasteiger partial charge is 0.194 e. The van der Waals surface area contributed by atoms with E-state index in [2.05, 4.69) is 40.8 Å². The summed E-state index contributed by atoms with van der Waals surface area (Å²) in [7, 11) is 0. The summed E-state index contributed by atoms with van der Waals surface area (Å²) in [6, 6.07) is 10.3. The molecule has 0 unspecified atom stereocenters. The molecule has 0 bridgehead atoms. The lowest BCUT2D eigenvalue weighted by atomic mass is 10.2. The number of nitrogens with zero attached hydrogens (tertiary/aromatic N) is 2. The van der Waals surface area contributed by atoms with E-state index in [1.165, 1.54) is 10.4 Å². The third-order valence-corrected chi connectivity index (χ3v) is 3.25. The molecule has 0 fully saturated rings. The third kappa shape index (κ3) is 1.45. The molecule has 1 aromatic carbocycles. The first kappa shape index (κ1) is 8.68. The van der Waals surface area contributed by atoms with Gasteiger partial charge >= 0.3 is 0 Å². The summed E-state index contributed by atoms with van der Waals surface area (Å²) in [4.78, 5) is 6.94. The number of hydrogen-bond donors (Lipinski definition) is 0. The minimum Gasteiger partial charge on any atom is -0.297 e. The SMILES string of the molecule is Cc1cn2cc(-c3ccccc3)nc2s1. The standard InChI is InChI=1S/C12H10N2S/c1-9-7-14-8-11(13-12(14)15-9)10-5-3-2-4-6-10/h2-8H,1H3. The fourth-order valence-corrected chi connectivity index (χ4v) is 2.47. The molecular weight excluding hydrogens is 204 g/mol. The zero-order valence-electron chi connectivity index (χ0n) is 8.34. The van der Waals surface area contributed by atoms with Crippen molar-refractivity contribution < 1.29 is 0 Å². The van der Waals surface area contributed by atoms with Crippen molar-refractivity contribution in [1.82, 2.24) is 9.38 Å². The summed E-state index contributed by atoms with van der Waals surface area (Å²) in [6.07, 6.45) is 4.19. The van der Waals surface area contributed by atoms with Crippen molar-refractivity contribution in [2.24, 2.45) is 0 Å². The van der Waals surface area contributed by atoms with Crippen LogP contribution in [0.15, 0.2) is 42.7 Å². The average Bonchev–Trinajstić information content (AvgIpc) is 2.76. The van der Waals surface area contributed by atoms with Crippen LogP contribution in [0.5, 0.6) is 0 Å². The molecule has 2 aromatic heterocycles. The van der Waals surface area contributed by atoms with E-state index in [9.17, 15) is 0 Å². The van der Waals surface area contributed by atoms with Crippen LogP contribution < -0.4 is 0 Å². The van der Waals surface area contributed by atoms with E-state index in [0.29, 0.717) is 0 Å². The summed E-state index contributed by atoms with van der Waals surface area (Å²) in [6.45, 7) is 2.10. The highest BCUT2D eigenvalue weighted by Gasteiger charge is 2.05. The fourth-order valence-electron chi connectivity index (χ4n) is 1.66. The Bertz CT molecular complexity index is 561. The molecule has 74 valence electrons. The van der Waals surface area contributed by atoms with Crippen LogP contribution in [0.2, 0.25) is 0 Å². The molecule has 0 atom stereocenters. The highest BCUT2D eigenvalue weighted by molar-refractivity contribution is 7.17. The number of fused-ring (bicyclic) bond motifs is 1. The fraction of sp³-hybridized carbons (Fsp3) is 0.0833. The zero-order chi connectivity index (χ0) is 10.3. The van der Waals surface area contributed by atoms with Gasteiger partial charge in [0.25, 0.3) is 0 Å². The van der Waals surface area contributed by atoms with Crippen LogP contribution in [-0.4, -0.2) is 9.38 Å². The summed E-state index contributed by atoms with van der Waals surface area (Å²) in [5.41, 5.74) is 2.22. The van der Waals surface area contributed by atoms with Crippen molar-refractivity contribution in [3.05, 3.63) is 47.6 Å². The van der Waals surface area contributed by atoms with Crippen LogP contribution in [-0.2, 0) is 0 Å². The second-order valence-corrected chi connectivity index (χ2v) is 4.74. The average molecular weight is 214 g/mol. The number of hydrogen-bond acceptors (Lipinski definition) is 2. The summed E-state index contributed by atoms with van der Waals surface area (Å²) in [5.74, 6) is 0. The second kappa shape index (κ2) is 3.21. The molecule has 3 rings (SSSR count). The maximum atomic E-state index is 4.59. The predicted molar refractivity (Wildman–Crippen MR) is 63.2 cm³/mol. The lowest BCUT2D eigenvalue weighted by Gasteiger charge is -1.92. The zero-order valence-corrected chi connectivity index (χ0v) is 9.16. The van der Waals surface area contributed by atoms with Gasteiger partial charge in [0.2, 0.25) is 0 Å². The van der Waals surface area contributed by atoms with E-state index in [1.807, 2.05) is 18.2 Å². The Morgan fingerprint density at radius 3 is 2.67 bits per heavy atom. The minimum atomic E-state index is 1.04. The van der Waals surface area contributed by atoms with Gasteiger partial charge in [0.05, 0.1) is 5.69 Å². The van der Waals surface area contributed by atoms with Gasteiger partial charge in [-0.3, -0.25) is 4.40 Å². The molecule has 0 aliphatic rings. The van der Waals surface area contributed by atoms with Crippen molar-refractivity contribution in [2.45, 2.75) is 6.92 Å². The molecular formula is C12H10N2S. The first-order chi connectivity index (χ1) is 7.33. The number of aryl methyl sites for hydroxylation is 1. The van der Waals surface area contributed by atoms with Gasteiger partial charge in [-0.25, -0.2) is 4.98 Å². The molecule has 2 heterocycles. The maximum absolute atomic E-state index is 4.59. The Morgan fingerprint density at radius 2 is 1.93 bits per heavy atom. The number of benzene rings is 1. The number of imidazole rings is 1. The van der Waals surface area contributed by atoms with Gasteiger partial charge in [-0.05, 0) is 6.92 Å². The van der Waals surface area contributed by atoms with Crippen LogP contribution in [0.4, 0.5) is 0 Å². The second-order valence-electron chi connectivity index (χ2n) is 3.52. The van der Waals surface area contributed by atoms with E-state index >= 15 is 0 Å². The molecule has 2 nitrogen and oxygen atoms in total. The Labute approximate surface area is 91.8 Å². The molecule has 0 N–H and O–H groups in total. The maximum Gasteiger partial charge on any atom is 0.194 e. The predicted octanol–water partition coefficient (Wildman–Crippen LogP) is 3.37. The molecule has 3 aromatic rings. The van der Waals surface area contributed by atoms with Gasteiger partial charge in [-0.1, -0.05) is 30.3 Å². The Morgan fingerprint density at radius 1 is 1.13 bits per heavy atom. The number of aromatic nitrogens is 2. The molecule has 0 radical (unpaired) electrons. The Hall–Kier alpha value is -1.61. The van der Waals surface area contributed by atoms with Crippen molar-refractivity contribution >= 4 is 16.3 Å². The van der Waals surface area contributed by atoms with Crippen LogP contribution in [0.3, 0.4) is 0 Å². The Balaban J connectivity index is 2.16. The molecule has 0 saturated heterocycles. The largest absolute Gasteiger partial charge is 0.297 e. The molecule has 0 amide bonds. The monoisotopic (exact) mass is 214 g/mol. The first-order valence-electron chi connectivity index (χ1n) is 4.83. The van der Waals surface area contributed by atoms with E-state index < -0.39 is 0 Å². The highest BCUT2D eigenvalue weighted by atomic mass is 32.1. The lowest BCUT2D eigenvalue weighted by molar-refractivity contribution is 1.22. The van der Waals surface area contributed by atoms with Gasteiger partial charge in [0.15, 0.2) is 4.96 Å². The van der Waals surface area contributed by atoms with Crippen LogP contribution >= 0.6 is 11.3 Å². The Kier molecular flexibility index (Phi) is 1.86. The quantitative estimate of drug-likeness (QED) is 0.607. The normalized spacial score (nSPS) is 11.0. The van der Waals surface area contributed by atoms with Gasteiger partial charge in [0.1, 0.15) is 0 Å². The highest BCUT2D eigenvalue weighted by Crippen LogP contribution is 2.22. The van der Waals surface area contributed by atoms with Gasteiger partial charge < -0.3 is 0 Å². The van der Waals surface area contributed by atoms with Crippen LogP contribution in [0.25, 0.3) is 16.2 Å². The summed E-state index contributed by atoms with van der Waals surface area (Å²) < 4.78 is 2.09.